The number of hydrogen-bond acceptors (Lipinski definition) is 4. The number of thiophene rings is 1. The fraction of sp³-hybridized carbons (Fsp3) is 0.278. The van der Waals surface area contributed by atoms with E-state index in [4.69, 9.17) is 0 Å². The van der Waals surface area contributed by atoms with Gasteiger partial charge in [0.1, 0.15) is 15.7 Å². The van der Waals surface area contributed by atoms with E-state index in [0.717, 1.165) is 16.0 Å². The lowest BCUT2D eigenvalue weighted by molar-refractivity contribution is -0.126. The molecule has 0 aliphatic carbocycles. The summed E-state index contributed by atoms with van der Waals surface area (Å²) in [6.45, 7) is 1.69. The van der Waals surface area contributed by atoms with Crippen LogP contribution < -0.4 is 0 Å². The Hall–Kier alpha value is -1.99. The number of benzene rings is 1. The molecule has 0 spiro atoms. The first-order valence-electron chi connectivity index (χ1n) is 7.64. The average molecular weight is 381 g/mol. The molecule has 0 aliphatic rings. The first-order chi connectivity index (χ1) is 11.7. The second-order valence-electron chi connectivity index (χ2n) is 5.91. The summed E-state index contributed by atoms with van der Waals surface area (Å²) < 4.78 is 36.5. The van der Waals surface area contributed by atoms with Crippen molar-refractivity contribution in [2.45, 2.75) is 13.0 Å². The van der Waals surface area contributed by atoms with Crippen LogP contribution in [0.1, 0.15) is 11.8 Å². The Kier molecular flexibility index (Phi) is 6.13. The molecule has 4 nitrogen and oxygen atoms in total. The van der Waals surface area contributed by atoms with Gasteiger partial charge in [-0.1, -0.05) is 18.2 Å². The fourth-order valence-corrected chi connectivity index (χ4v) is 4.32. The molecule has 0 bridgehead atoms. The minimum absolute atomic E-state index is 0.0838. The quantitative estimate of drug-likeness (QED) is 0.720. The number of carbonyl (C=O) groups excluding carboxylic acids is 1. The lowest BCUT2D eigenvalue weighted by Gasteiger charge is -2.22. The predicted octanol–water partition coefficient (Wildman–Crippen LogP) is 3.46. The van der Waals surface area contributed by atoms with Crippen LogP contribution in [0.3, 0.4) is 0 Å². The number of nitrogens with zero attached hydrogens (tertiary/aromatic N) is 1. The summed E-state index contributed by atoms with van der Waals surface area (Å²) in [5, 5.41) is 0. The number of rotatable bonds is 6. The number of amides is 1. The van der Waals surface area contributed by atoms with Gasteiger partial charge in [-0.2, -0.15) is 0 Å². The molecule has 25 heavy (non-hydrogen) atoms. The number of likely N-dealkylation sites (N-methyl/N-ethyl adjacent to an activating group) is 1. The molecule has 1 aromatic heterocycles. The topological polar surface area (TPSA) is 54.5 Å². The lowest BCUT2D eigenvalue weighted by atomic mass is 10.2. The van der Waals surface area contributed by atoms with Crippen molar-refractivity contribution in [3.63, 3.8) is 0 Å². The minimum atomic E-state index is -3.15. The monoisotopic (exact) mass is 381 g/mol. The van der Waals surface area contributed by atoms with Crippen LogP contribution in [-0.2, 0) is 14.6 Å². The van der Waals surface area contributed by atoms with E-state index in [1.807, 2.05) is 12.1 Å². The molecule has 0 N–H and O–H groups in total. The highest BCUT2D eigenvalue weighted by atomic mass is 32.2. The molecule has 2 rings (SSSR count). The fourth-order valence-electron chi connectivity index (χ4n) is 2.29. The summed E-state index contributed by atoms with van der Waals surface area (Å²) in [4.78, 5) is 15.2. The molecule has 1 unspecified atom stereocenters. The van der Waals surface area contributed by atoms with Crippen molar-refractivity contribution in [3.05, 3.63) is 53.2 Å². The van der Waals surface area contributed by atoms with Crippen LogP contribution in [0, 0.1) is 5.82 Å². The summed E-state index contributed by atoms with van der Waals surface area (Å²) in [5.74, 6) is -0.651. The first-order valence-corrected chi connectivity index (χ1v) is 10.5. The van der Waals surface area contributed by atoms with Crippen LogP contribution in [0.4, 0.5) is 4.39 Å². The Morgan fingerprint density at radius 1 is 1.28 bits per heavy atom. The molecule has 1 aromatic carbocycles. The van der Waals surface area contributed by atoms with Crippen molar-refractivity contribution in [2.75, 3.05) is 19.1 Å². The normalized spacial score (nSPS) is 13.1. The molecule has 1 heterocycles. The molecule has 1 amide bonds. The van der Waals surface area contributed by atoms with Crippen molar-refractivity contribution >= 4 is 33.2 Å². The maximum atomic E-state index is 13.8. The second-order valence-corrected chi connectivity index (χ2v) is 9.21. The molecule has 1 atom stereocenters. The highest BCUT2D eigenvalue weighted by Gasteiger charge is 2.18. The van der Waals surface area contributed by atoms with Crippen LogP contribution in [-0.4, -0.2) is 44.3 Å². The molecule has 2 aromatic rings. The molecule has 0 saturated heterocycles. The third-order valence-electron chi connectivity index (χ3n) is 3.71. The Morgan fingerprint density at radius 3 is 2.60 bits per heavy atom. The second kappa shape index (κ2) is 7.93. The van der Waals surface area contributed by atoms with E-state index in [9.17, 15) is 17.6 Å². The van der Waals surface area contributed by atoms with Gasteiger partial charge in [0.25, 0.3) is 0 Å². The summed E-state index contributed by atoms with van der Waals surface area (Å²) >= 11 is 1.38. The van der Waals surface area contributed by atoms with E-state index in [-0.39, 0.29) is 17.5 Å². The zero-order valence-electron chi connectivity index (χ0n) is 14.3. The van der Waals surface area contributed by atoms with E-state index in [2.05, 4.69) is 0 Å². The standard InChI is InChI=1S/C18H20FNO3S2/c1-13(12-25(3,22)23)20(2)18(21)11-9-14-8-10-17(24-14)15-6-4-5-7-16(15)19/h4-11,13H,12H2,1-3H3/b11-9+. The Balaban J connectivity index is 2.07. The zero-order chi connectivity index (χ0) is 18.6. The third kappa shape index (κ3) is 5.51. The Morgan fingerprint density at radius 2 is 1.96 bits per heavy atom. The van der Waals surface area contributed by atoms with Crippen LogP contribution in [0.2, 0.25) is 0 Å². The van der Waals surface area contributed by atoms with Crippen molar-refractivity contribution in [1.82, 2.24) is 4.90 Å². The maximum absolute atomic E-state index is 13.8. The molecule has 0 aliphatic heterocycles. The first kappa shape index (κ1) is 19.3. The van der Waals surface area contributed by atoms with E-state index in [1.165, 1.54) is 28.4 Å². The van der Waals surface area contributed by atoms with Crippen molar-refractivity contribution in [2.24, 2.45) is 0 Å². The molecule has 0 saturated carbocycles. The van der Waals surface area contributed by atoms with Gasteiger partial charge in [0.2, 0.25) is 5.91 Å². The van der Waals surface area contributed by atoms with Gasteiger partial charge in [0, 0.05) is 40.7 Å². The molecular formula is C18H20FNO3S2. The van der Waals surface area contributed by atoms with Crippen LogP contribution in [0.25, 0.3) is 16.5 Å². The average Bonchev–Trinajstić information content (AvgIpc) is 2.99. The Bertz CT molecular complexity index is 887. The number of halogens is 1. The zero-order valence-corrected chi connectivity index (χ0v) is 15.9. The number of sulfone groups is 1. The van der Waals surface area contributed by atoms with E-state index < -0.39 is 15.9 Å². The smallest absolute Gasteiger partial charge is 0.246 e. The van der Waals surface area contributed by atoms with E-state index >= 15 is 0 Å². The maximum Gasteiger partial charge on any atom is 0.246 e. The minimum Gasteiger partial charge on any atom is -0.338 e. The summed E-state index contributed by atoms with van der Waals surface area (Å²) in [7, 11) is -1.58. The van der Waals surface area contributed by atoms with Crippen molar-refractivity contribution in [3.8, 4) is 10.4 Å². The van der Waals surface area contributed by atoms with Crippen LogP contribution in [0.5, 0.6) is 0 Å². The van der Waals surface area contributed by atoms with Gasteiger partial charge in [0.05, 0.1) is 5.75 Å². The van der Waals surface area contributed by atoms with Crippen LogP contribution in [0.15, 0.2) is 42.5 Å². The highest BCUT2D eigenvalue weighted by molar-refractivity contribution is 7.90. The third-order valence-corrected chi connectivity index (χ3v) is 5.88. The van der Waals surface area contributed by atoms with Gasteiger partial charge in [0.15, 0.2) is 0 Å². The van der Waals surface area contributed by atoms with Gasteiger partial charge < -0.3 is 4.90 Å². The van der Waals surface area contributed by atoms with Gasteiger partial charge >= 0.3 is 0 Å². The Labute approximate surface area is 151 Å². The molecule has 7 heteroatoms. The number of carbonyl (C=O) groups is 1. The van der Waals surface area contributed by atoms with Crippen molar-refractivity contribution in [1.29, 1.82) is 0 Å². The SMILES string of the molecule is CC(CS(C)(=O)=O)N(C)C(=O)/C=C/c1ccc(-c2ccccc2F)s1. The molecule has 134 valence electrons. The van der Waals surface area contributed by atoms with Gasteiger partial charge in [-0.3, -0.25) is 4.79 Å². The highest BCUT2D eigenvalue weighted by Crippen LogP contribution is 2.30. The molecule has 0 fully saturated rings. The molecular weight excluding hydrogens is 361 g/mol. The van der Waals surface area contributed by atoms with Gasteiger partial charge in [-0.25, -0.2) is 12.8 Å². The lowest BCUT2D eigenvalue weighted by Crippen LogP contribution is -2.38. The van der Waals surface area contributed by atoms with Gasteiger partial charge in [-0.05, 0) is 31.2 Å². The summed E-state index contributed by atoms with van der Waals surface area (Å²) in [6, 6.07) is 9.74. The number of hydrogen-bond donors (Lipinski definition) is 0. The largest absolute Gasteiger partial charge is 0.338 e. The predicted molar refractivity (Wildman–Crippen MR) is 101 cm³/mol. The summed E-state index contributed by atoms with van der Waals surface area (Å²) in [5.41, 5.74) is 0.525. The van der Waals surface area contributed by atoms with Gasteiger partial charge in [-0.15, -0.1) is 11.3 Å². The van der Waals surface area contributed by atoms with Crippen molar-refractivity contribution < 1.29 is 17.6 Å². The summed E-state index contributed by atoms with van der Waals surface area (Å²) in [6.07, 6.45) is 4.20. The van der Waals surface area contributed by atoms with Crippen LogP contribution >= 0.6 is 11.3 Å². The van der Waals surface area contributed by atoms with E-state index in [1.54, 1.807) is 38.2 Å². The van der Waals surface area contributed by atoms with E-state index in [0.29, 0.717) is 5.56 Å². The molecule has 0 radical (unpaired) electrons.